The summed E-state index contributed by atoms with van der Waals surface area (Å²) in [7, 11) is 3.97. The van der Waals surface area contributed by atoms with Crippen LogP contribution < -0.4 is 9.64 Å². The molecule has 8 heteroatoms. The van der Waals surface area contributed by atoms with Crippen molar-refractivity contribution in [1.29, 1.82) is 0 Å². The van der Waals surface area contributed by atoms with E-state index in [1.807, 2.05) is 55.4 Å². The summed E-state index contributed by atoms with van der Waals surface area (Å²) in [4.78, 5) is 21.8. The molecule has 3 aromatic rings. The Bertz CT molecular complexity index is 978. The Kier molecular flexibility index (Phi) is 9.37. The summed E-state index contributed by atoms with van der Waals surface area (Å²) < 4.78 is 6.74. The highest BCUT2D eigenvalue weighted by atomic mass is 35.5. The van der Waals surface area contributed by atoms with Crippen molar-refractivity contribution >= 4 is 56.6 Å². The molecule has 0 unspecified atom stereocenters. The second-order valence-corrected chi connectivity index (χ2v) is 8.49. The lowest BCUT2D eigenvalue weighted by atomic mass is 10.2. The van der Waals surface area contributed by atoms with Gasteiger partial charge in [0.05, 0.1) is 16.3 Å². The van der Waals surface area contributed by atoms with E-state index in [1.54, 1.807) is 11.0 Å². The zero-order valence-electron chi connectivity index (χ0n) is 17.4. The summed E-state index contributed by atoms with van der Waals surface area (Å²) in [5, 5.41) is 1.24. The maximum absolute atomic E-state index is 13.4. The first-order chi connectivity index (χ1) is 14.0. The number of likely N-dealkylation sites (N-methyl/N-ethyl adjacent to an activating group) is 1. The predicted octanol–water partition coefficient (Wildman–Crippen LogP) is 5.76. The lowest BCUT2D eigenvalue weighted by Crippen LogP contribution is -2.36. The minimum absolute atomic E-state index is 0. The minimum Gasteiger partial charge on any atom is -0.494 e. The van der Waals surface area contributed by atoms with Crippen LogP contribution in [-0.2, 0) is 0 Å². The number of rotatable bonds is 9. The fourth-order valence-electron chi connectivity index (χ4n) is 2.81. The van der Waals surface area contributed by atoms with Crippen LogP contribution in [-0.4, -0.2) is 49.6 Å². The molecule has 3 rings (SSSR count). The minimum atomic E-state index is -0.0945. The van der Waals surface area contributed by atoms with Crippen LogP contribution >= 0.6 is 35.3 Å². The molecule has 0 aliphatic rings. The van der Waals surface area contributed by atoms with Gasteiger partial charge in [0.15, 0.2) is 5.13 Å². The van der Waals surface area contributed by atoms with Crippen LogP contribution in [0.4, 0.5) is 5.13 Å². The first-order valence-corrected chi connectivity index (χ1v) is 10.9. The summed E-state index contributed by atoms with van der Waals surface area (Å²) in [6, 6.07) is 13.0. The fraction of sp³-hybridized carbons (Fsp3) is 0.364. The molecule has 1 aromatic heterocycles. The molecule has 1 amide bonds. The molecule has 0 bridgehead atoms. The Labute approximate surface area is 193 Å². The Morgan fingerprint density at radius 2 is 1.93 bits per heavy atom. The molecule has 30 heavy (non-hydrogen) atoms. The smallest absolute Gasteiger partial charge is 0.260 e. The van der Waals surface area contributed by atoms with Crippen molar-refractivity contribution in [1.82, 2.24) is 9.88 Å². The second kappa shape index (κ2) is 11.5. The lowest BCUT2D eigenvalue weighted by Gasteiger charge is -2.22. The van der Waals surface area contributed by atoms with Gasteiger partial charge in [-0.3, -0.25) is 9.69 Å². The highest BCUT2D eigenvalue weighted by molar-refractivity contribution is 7.22. The summed E-state index contributed by atoms with van der Waals surface area (Å²) >= 11 is 7.77. The number of anilines is 1. The van der Waals surface area contributed by atoms with Crippen molar-refractivity contribution in [3.05, 3.63) is 53.1 Å². The molecule has 0 atom stereocenters. The average molecular weight is 468 g/mol. The number of halogens is 2. The van der Waals surface area contributed by atoms with Crippen molar-refractivity contribution in [2.45, 2.75) is 19.8 Å². The van der Waals surface area contributed by atoms with Crippen LogP contribution in [0.15, 0.2) is 42.5 Å². The number of thiazole rings is 1. The van der Waals surface area contributed by atoms with Gasteiger partial charge in [0.25, 0.3) is 5.91 Å². The number of unbranched alkanes of at least 4 members (excludes halogenated alkanes) is 1. The quantitative estimate of drug-likeness (QED) is 0.375. The molecule has 1 heterocycles. The van der Waals surface area contributed by atoms with Gasteiger partial charge in [0, 0.05) is 18.7 Å². The highest BCUT2D eigenvalue weighted by Crippen LogP contribution is 2.33. The Morgan fingerprint density at radius 1 is 1.17 bits per heavy atom. The molecular formula is C22H27Cl2N3O2S. The Morgan fingerprint density at radius 3 is 2.63 bits per heavy atom. The molecule has 0 saturated heterocycles. The van der Waals surface area contributed by atoms with Crippen molar-refractivity contribution in [2.24, 2.45) is 0 Å². The molecule has 5 nitrogen and oxygen atoms in total. The predicted molar refractivity (Wildman–Crippen MR) is 129 cm³/mol. The molecular weight excluding hydrogens is 441 g/mol. The zero-order chi connectivity index (χ0) is 20.8. The van der Waals surface area contributed by atoms with Gasteiger partial charge < -0.3 is 9.64 Å². The fourth-order valence-corrected chi connectivity index (χ4v) is 4.10. The van der Waals surface area contributed by atoms with E-state index in [0.29, 0.717) is 34.6 Å². The van der Waals surface area contributed by atoms with Crippen LogP contribution in [0.25, 0.3) is 10.2 Å². The summed E-state index contributed by atoms with van der Waals surface area (Å²) in [5.41, 5.74) is 1.32. The number of carbonyl (C=O) groups excluding carboxylic acids is 1. The summed E-state index contributed by atoms with van der Waals surface area (Å²) in [6.45, 7) is 4.03. The maximum Gasteiger partial charge on any atom is 0.260 e. The van der Waals surface area contributed by atoms with Crippen molar-refractivity contribution in [3.63, 3.8) is 0 Å². The number of nitrogens with zero attached hydrogens (tertiary/aromatic N) is 3. The third-order valence-electron chi connectivity index (χ3n) is 4.45. The van der Waals surface area contributed by atoms with Gasteiger partial charge in [-0.05, 0) is 50.8 Å². The van der Waals surface area contributed by atoms with Crippen LogP contribution in [0.1, 0.15) is 30.1 Å². The normalized spacial score (nSPS) is 10.8. The molecule has 162 valence electrons. The molecule has 0 saturated carbocycles. The van der Waals surface area contributed by atoms with E-state index in [9.17, 15) is 4.79 Å². The van der Waals surface area contributed by atoms with Crippen molar-refractivity contribution in [2.75, 3.05) is 38.7 Å². The first-order valence-electron chi connectivity index (χ1n) is 9.74. The molecule has 0 aliphatic heterocycles. The van der Waals surface area contributed by atoms with E-state index in [2.05, 4.69) is 11.9 Å². The number of benzene rings is 2. The SMILES string of the molecule is CCCCOc1cccc(C(=O)N(CCN(C)C)c2nc3c(Cl)cccc3s2)c1.Cl. The average Bonchev–Trinajstić information content (AvgIpc) is 3.13. The van der Waals surface area contributed by atoms with Crippen molar-refractivity contribution < 1.29 is 9.53 Å². The van der Waals surface area contributed by atoms with Crippen LogP contribution in [0.5, 0.6) is 5.75 Å². The third kappa shape index (κ3) is 6.08. The van der Waals surface area contributed by atoms with E-state index in [0.717, 1.165) is 29.6 Å². The van der Waals surface area contributed by atoms with Crippen molar-refractivity contribution in [3.8, 4) is 5.75 Å². The highest BCUT2D eigenvalue weighted by Gasteiger charge is 2.22. The number of amides is 1. The van der Waals surface area contributed by atoms with Gasteiger partial charge in [-0.1, -0.05) is 48.4 Å². The largest absolute Gasteiger partial charge is 0.494 e. The lowest BCUT2D eigenvalue weighted by molar-refractivity contribution is 0.0984. The topological polar surface area (TPSA) is 45.7 Å². The monoisotopic (exact) mass is 467 g/mol. The number of aromatic nitrogens is 1. The zero-order valence-corrected chi connectivity index (χ0v) is 19.8. The van der Waals surface area contributed by atoms with Crippen LogP contribution in [0, 0.1) is 0 Å². The standard InChI is InChI=1S/C22H26ClN3O2S.ClH/c1-4-5-14-28-17-9-6-8-16(15-17)21(27)26(13-12-25(2)3)22-24-20-18(23)10-7-11-19(20)29-22;/h6-11,15H,4-5,12-14H2,1-3H3;1H. The van der Waals surface area contributed by atoms with E-state index < -0.39 is 0 Å². The number of carbonyl (C=O) groups is 1. The van der Waals surface area contributed by atoms with Crippen LogP contribution in [0.3, 0.4) is 0 Å². The molecule has 0 N–H and O–H groups in total. The van der Waals surface area contributed by atoms with Gasteiger partial charge in [0.1, 0.15) is 11.3 Å². The van der Waals surface area contributed by atoms with E-state index in [4.69, 9.17) is 16.3 Å². The number of hydrogen-bond acceptors (Lipinski definition) is 5. The molecule has 0 spiro atoms. The van der Waals surface area contributed by atoms with Gasteiger partial charge in [-0.2, -0.15) is 0 Å². The van der Waals surface area contributed by atoms with Crippen LogP contribution in [0.2, 0.25) is 5.02 Å². The number of fused-ring (bicyclic) bond motifs is 1. The van der Waals surface area contributed by atoms with E-state index in [-0.39, 0.29) is 18.3 Å². The van der Waals surface area contributed by atoms with E-state index >= 15 is 0 Å². The second-order valence-electron chi connectivity index (χ2n) is 7.07. The molecule has 0 fully saturated rings. The van der Waals surface area contributed by atoms with Gasteiger partial charge in [-0.25, -0.2) is 4.98 Å². The number of para-hydroxylation sites is 1. The third-order valence-corrected chi connectivity index (χ3v) is 5.80. The summed E-state index contributed by atoms with van der Waals surface area (Å²) in [5.74, 6) is 0.618. The maximum atomic E-state index is 13.4. The summed E-state index contributed by atoms with van der Waals surface area (Å²) in [6.07, 6.45) is 2.05. The molecule has 0 radical (unpaired) electrons. The van der Waals surface area contributed by atoms with Gasteiger partial charge in [0.2, 0.25) is 0 Å². The number of hydrogen-bond donors (Lipinski definition) is 0. The first kappa shape index (κ1) is 24.4. The molecule has 2 aromatic carbocycles. The number of ether oxygens (including phenoxy) is 1. The van der Waals surface area contributed by atoms with E-state index in [1.165, 1.54) is 11.3 Å². The Balaban J connectivity index is 0.00000320. The van der Waals surface area contributed by atoms with Gasteiger partial charge in [-0.15, -0.1) is 12.4 Å². The van der Waals surface area contributed by atoms with Gasteiger partial charge >= 0.3 is 0 Å². The Hall–Kier alpha value is -1.86. The molecule has 0 aliphatic carbocycles.